The molecule has 3 heteroatoms. The number of hydrogen-bond donors (Lipinski definition) is 0. The molecule has 2 atom stereocenters. The van der Waals surface area contributed by atoms with Gasteiger partial charge in [0.15, 0.2) is 0 Å². The van der Waals surface area contributed by atoms with Gasteiger partial charge in [-0.3, -0.25) is 0 Å². The summed E-state index contributed by atoms with van der Waals surface area (Å²) >= 11 is 1.89. The zero-order chi connectivity index (χ0) is 34.6. The Balaban J connectivity index is 1.16. The van der Waals surface area contributed by atoms with Crippen LogP contribution < -0.4 is 9.64 Å². The molecule has 248 valence electrons. The lowest BCUT2D eigenvalue weighted by Gasteiger charge is -2.35. The first-order valence-electron chi connectivity index (χ1n) is 18.2. The van der Waals surface area contributed by atoms with Crippen LogP contribution in [0, 0.1) is 0 Å². The molecule has 7 aromatic carbocycles. The number of nitrogens with zero attached hydrogens (tertiary/aromatic N) is 1. The zero-order valence-electron chi connectivity index (χ0n) is 29.0. The Hall–Kier alpha value is -5.90. The summed E-state index contributed by atoms with van der Waals surface area (Å²) in [5.74, 6) is 0.966. The Morgan fingerprint density at radius 3 is 2.23 bits per heavy atom. The summed E-state index contributed by atoms with van der Waals surface area (Å²) in [6.07, 6.45) is 6.65. The normalized spacial score (nSPS) is 17.8. The second kappa shape index (κ2) is 11.0. The predicted molar refractivity (Wildman–Crippen MR) is 219 cm³/mol. The molecule has 2 nitrogen and oxygen atoms in total. The van der Waals surface area contributed by atoms with Gasteiger partial charge >= 0.3 is 0 Å². The lowest BCUT2D eigenvalue weighted by molar-refractivity contribution is 0.264. The fourth-order valence-electron chi connectivity index (χ4n) is 9.24. The molecule has 1 aromatic heterocycles. The van der Waals surface area contributed by atoms with Crippen LogP contribution in [0.3, 0.4) is 0 Å². The van der Waals surface area contributed by atoms with E-state index in [-0.39, 0.29) is 17.4 Å². The van der Waals surface area contributed by atoms with Gasteiger partial charge in [-0.2, -0.15) is 0 Å². The van der Waals surface area contributed by atoms with Crippen LogP contribution in [-0.2, 0) is 5.41 Å². The molecule has 2 aliphatic carbocycles. The molecule has 0 spiro atoms. The molecule has 11 rings (SSSR count). The minimum atomic E-state index is -0.122. The highest BCUT2D eigenvalue weighted by molar-refractivity contribution is 7.26. The molecular formula is C49H35NOS. The Kier molecular flexibility index (Phi) is 6.33. The van der Waals surface area contributed by atoms with Crippen molar-refractivity contribution in [1.29, 1.82) is 0 Å². The highest BCUT2D eigenvalue weighted by atomic mass is 32.1. The SMILES string of the molecule is CC1(C)c2ccccc2-c2ccc(N(C3=CC=CC4Oc5cc(-c6ccccc6)c6ccccc6c5C34)c3cccc4c3sc3ccccc34)cc21. The van der Waals surface area contributed by atoms with Gasteiger partial charge in [-0.1, -0.05) is 135 Å². The molecule has 0 fully saturated rings. The smallest absolute Gasteiger partial charge is 0.130 e. The summed E-state index contributed by atoms with van der Waals surface area (Å²) in [5.41, 5.74) is 12.6. The predicted octanol–water partition coefficient (Wildman–Crippen LogP) is 13.3. The molecule has 0 bridgehead atoms. The van der Waals surface area contributed by atoms with Gasteiger partial charge in [0.1, 0.15) is 11.9 Å². The van der Waals surface area contributed by atoms with Crippen molar-refractivity contribution in [2.75, 3.05) is 4.90 Å². The van der Waals surface area contributed by atoms with E-state index in [1.165, 1.54) is 87.0 Å². The minimum absolute atomic E-state index is 0.00202. The summed E-state index contributed by atoms with van der Waals surface area (Å²) in [6, 6.07) is 53.6. The van der Waals surface area contributed by atoms with Gasteiger partial charge in [-0.15, -0.1) is 11.3 Å². The molecule has 2 heterocycles. The van der Waals surface area contributed by atoms with Crippen LogP contribution in [0.5, 0.6) is 5.75 Å². The highest BCUT2D eigenvalue weighted by Crippen LogP contribution is 2.55. The van der Waals surface area contributed by atoms with Gasteiger partial charge in [-0.05, 0) is 86.6 Å². The van der Waals surface area contributed by atoms with Crippen molar-refractivity contribution >= 4 is 53.7 Å². The summed E-state index contributed by atoms with van der Waals surface area (Å²) in [4.78, 5) is 2.55. The highest BCUT2D eigenvalue weighted by Gasteiger charge is 2.42. The lowest BCUT2D eigenvalue weighted by Crippen LogP contribution is -2.29. The number of benzene rings is 7. The number of thiophene rings is 1. The van der Waals surface area contributed by atoms with Crippen LogP contribution in [0.2, 0.25) is 0 Å². The largest absolute Gasteiger partial charge is 0.485 e. The Morgan fingerprint density at radius 1 is 0.615 bits per heavy atom. The number of rotatable bonds is 4. The molecule has 0 saturated carbocycles. The van der Waals surface area contributed by atoms with Crippen molar-refractivity contribution in [2.45, 2.75) is 31.3 Å². The third-order valence-electron chi connectivity index (χ3n) is 11.6. The Bertz CT molecular complexity index is 2820. The van der Waals surface area contributed by atoms with E-state index < -0.39 is 0 Å². The van der Waals surface area contributed by atoms with Crippen LogP contribution in [0.4, 0.5) is 11.4 Å². The molecule has 0 amide bonds. The molecule has 1 aliphatic heterocycles. The summed E-state index contributed by atoms with van der Waals surface area (Å²) in [5, 5.41) is 5.10. The topological polar surface area (TPSA) is 12.5 Å². The second-order valence-corrected chi connectivity index (χ2v) is 15.8. The molecule has 3 aliphatic rings. The van der Waals surface area contributed by atoms with Gasteiger partial charge in [0.25, 0.3) is 0 Å². The Labute approximate surface area is 307 Å². The monoisotopic (exact) mass is 685 g/mol. The summed E-state index contributed by atoms with van der Waals surface area (Å²) < 4.78 is 9.57. The van der Waals surface area contributed by atoms with Gasteiger partial charge < -0.3 is 9.64 Å². The maximum absolute atomic E-state index is 6.97. The lowest BCUT2D eigenvalue weighted by atomic mass is 9.81. The first kappa shape index (κ1) is 29.8. The van der Waals surface area contributed by atoms with E-state index in [1.54, 1.807) is 0 Å². The van der Waals surface area contributed by atoms with Crippen molar-refractivity contribution in [2.24, 2.45) is 0 Å². The van der Waals surface area contributed by atoms with Gasteiger partial charge in [0, 0.05) is 37.8 Å². The second-order valence-electron chi connectivity index (χ2n) is 14.8. The van der Waals surface area contributed by atoms with E-state index in [2.05, 4.69) is 183 Å². The van der Waals surface area contributed by atoms with Crippen LogP contribution >= 0.6 is 11.3 Å². The number of hydrogen-bond acceptors (Lipinski definition) is 3. The maximum atomic E-state index is 6.97. The van der Waals surface area contributed by atoms with Crippen molar-refractivity contribution in [3.63, 3.8) is 0 Å². The number of anilines is 2. The quantitative estimate of drug-likeness (QED) is 0.183. The van der Waals surface area contributed by atoms with Crippen molar-refractivity contribution in [3.05, 3.63) is 186 Å². The van der Waals surface area contributed by atoms with Crippen LogP contribution in [0.25, 0.3) is 53.2 Å². The van der Waals surface area contributed by atoms with Gasteiger partial charge in [0.05, 0.1) is 16.3 Å². The standard InChI is InChI=1S/C49H35NOS/c1-49(2)39-21-10-8-17-33(39)34-27-26-31(28-40(34)49)50(42-23-12-20-37-35-18-9-11-25-45(35)52-48(37)42)41-22-13-24-43-47(41)46-36-19-7-6-16-32(36)38(29-44(46)51-43)30-14-4-3-5-15-30/h3-29,43,47H,1-2H3. The van der Waals surface area contributed by atoms with Crippen LogP contribution in [-0.4, -0.2) is 6.10 Å². The van der Waals surface area contributed by atoms with E-state index in [9.17, 15) is 0 Å². The molecule has 0 saturated heterocycles. The average Bonchev–Trinajstić information content (AvgIpc) is 3.84. The van der Waals surface area contributed by atoms with Gasteiger partial charge in [-0.25, -0.2) is 0 Å². The van der Waals surface area contributed by atoms with Gasteiger partial charge in [0.2, 0.25) is 0 Å². The zero-order valence-corrected chi connectivity index (χ0v) is 29.8. The third-order valence-corrected chi connectivity index (χ3v) is 12.8. The first-order valence-corrected chi connectivity index (χ1v) is 19.0. The van der Waals surface area contributed by atoms with Crippen molar-refractivity contribution in [1.82, 2.24) is 0 Å². The third kappa shape index (κ3) is 4.17. The van der Waals surface area contributed by atoms with Crippen LogP contribution in [0.1, 0.15) is 36.5 Å². The molecule has 0 radical (unpaired) electrons. The number of ether oxygens (including phenoxy) is 1. The fourth-order valence-corrected chi connectivity index (χ4v) is 10.4. The van der Waals surface area contributed by atoms with Crippen molar-refractivity contribution in [3.8, 4) is 28.0 Å². The molecule has 8 aromatic rings. The first-order chi connectivity index (χ1) is 25.6. The molecule has 2 unspecified atom stereocenters. The minimum Gasteiger partial charge on any atom is -0.485 e. The van der Waals surface area contributed by atoms with E-state index in [0.29, 0.717) is 0 Å². The fraction of sp³-hybridized carbons (Fsp3) is 0.102. The molecular weight excluding hydrogens is 651 g/mol. The summed E-state index contributed by atoms with van der Waals surface area (Å²) in [6.45, 7) is 4.74. The maximum Gasteiger partial charge on any atom is 0.130 e. The number of fused-ring (bicyclic) bond motifs is 11. The number of allylic oxidation sites excluding steroid dienone is 2. The van der Waals surface area contributed by atoms with Crippen molar-refractivity contribution < 1.29 is 4.74 Å². The van der Waals surface area contributed by atoms with Crippen LogP contribution in [0.15, 0.2) is 170 Å². The summed E-state index contributed by atoms with van der Waals surface area (Å²) in [7, 11) is 0. The van der Waals surface area contributed by atoms with E-state index in [1.807, 2.05) is 11.3 Å². The van der Waals surface area contributed by atoms with E-state index in [4.69, 9.17) is 4.74 Å². The Morgan fingerprint density at radius 2 is 1.35 bits per heavy atom. The van der Waals surface area contributed by atoms with E-state index >= 15 is 0 Å². The molecule has 0 N–H and O–H groups in total. The molecule has 52 heavy (non-hydrogen) atoms. The average molecular weight is 686 g/mol. The van der Waals surface area contributed by atoms with E-state index in [0.717, 1.165) is 5.75 Å².